The Morgan fingerprint density at radius 3 is 2.39 bits per heavy atom. The molecular formula is C22H16ClF3N2O2S. The van der Waals surface area contributed by atoms with E-state index in [1.165, 1.54) is 35.6 Å². The number of carbonyl (C=O) groups is 1. The Balaban J connectivity index is 1.83. The molecule has 0 atom stereocenters. The molecule has 0 amide bonds. The number of para-hydroxylation sites is 1. The van der Waals surface area contributed by atoms with Crippen molar-refractivity contribution >= 4 is 46.0 Å². The van der Waals surface area contributed by atoms with E-state index >= 15 is 0 Å². The first kappa shape index (κ1) is 22.6. The fraction of sp³-hybridized carbons (Fsp3) is 0.0909. The number of allylic oxidation sites excluding steroid dienone is 1. The first-order chi connectivity index (χ1) is 14.7. The lowest BCUT2D eigenvalue weighted by Crippen LogP contribution is -2.20. The summed E-state index contributed by atoms with van der Waals surface area (Å²) in [5.41, 5.74) is 0.319. The predicted octanol–water partition coefficient (Wildman–Crippen LogP) is 6.79. The zero-order valence-electron chi connectivity index (χ0n) is 15.9. The maximum Gasteiger partial charge on any atom is 0.432 e. The Labute approximate surface area is 185 Å². The molecule has 0 radical (unpaired) electrons. The van der Waals surface area contributed by atoms with Crippen molar-refractivity contribution < 1.29 is 22.7 Å². The second-order valence-corrected chi connectivity index (χ2v) is 7.55. The van der Waals surface area contributed by atoms with Gasteiger partial charge in [-0.05, 0) is 52.7 Å². The van der Waals surface area contributed by atoms with E-state index in [4.69, 9.17) is 21.7 Å². The van der Waals surface area contributed by atoms with E-state index in [9.17, 15) is 18.0 Å². The number of ether oxygens (including phenoxy) is 1. The largest absolute Gasteiger partial charge is 0.457 e. The second-order valence-electron chi connectivity index (χ2n) is 6.36. The SMILES string of the molecule is N=C(/C=C(\Nc1ccccc1Cl)c1ccc(C(=O)OCc2ccsc2)cc1)C(F)(F)F. The summed E-state index contributed by atoms with van der Waals surface area (Å²) in [6.07, 6.45) is -4.13. The number of benzene rings is 2. The van der Waals surface area contributed by atoms with Gasteiger partial charge in [0, 0.05) is 11.3 Å². The summed E-state index contributed by atoms with van der Waals surface area (Å²) in [4.78, 5) is 12.2. The summed E-state index contributed by atoms with van der Waals surface area (Å²) >= 11 is 7.59. The lowest BCUT2D eigenvalue weighted by molar-refractivity contribution is -0.0583. The third-order valence-corrected chi connectivity index (χ3v) is 5.18. The Morgan fingerprint density at radius 1 is 1.10 bits per heavy atom. The van der Waals surface area contributed by atoms with Crippen LogP contribution in [0.15, 0.2) is 71.4 Å². The smallest absolute Gasteiger partial charge is 0.432 e. The molecule has 0 saturated heterocycles. The number of alkyl halides is 3. The van der Waals surface area contributed by atoms with Crippen molar-refractivity contribution in [3.05, 3.63) is 93.1 Å². The molecule has 3 rings (SSSR count). The van der Waals surface area contributed by atoms with Crippen molar-refractivity contribution in [1.29, 1.82) is 5.41 Å². The van der Waals surface area contributed by atoms with Gasteiger partial charge in [0.15, 0.2) is 0 Å². The van der Waals surface area contributed by atoms with Gasteiger partial charge >= 0.3 is 12.1 Å². The van der Waals surface area contributed by atoms with Gasteiger partial charge in [0.05, 0.1) is 16.3 Å². The van der Waals surface area contributed by atoms with Crippen molar-refractivity contribution in [3.8, 4) is 0 Å². The van der Waals surface area contributed by atoms with Crippen molar-refractivity contribution in [2.75, 3.05) is 5.32 Å². The van der Waals surface area contributed by atoms with E-state index < -0.39 is 17.9 Å². The molecular weight excluding hydrogens is 449 g/mol. The average molecular weight is 465 g/mol. The van der Waals surface area contributed by atoms with Crippen LogP contribution >= 0.6 is 22.9 Å². The predicted molar refractivity (Wildman–Crippen MR) is 117 cm³/mol. The molecule has 1 heterocycles. The van der Waals surface area contributed by atoms with Crippen LogP contribution in [0.25, 0.3) is 5.70 Å². The molecule has 2 aromatic carbocycles. The highest BCUT2D eigenvalue weighted by Crippen LogP contribution is 2.27. The van der Waals surface area contributed by atoms with E-state index in [2.05, 4.69) is 5.32 Å². The lowest BCUT2D eigenvalue weighted by Gasteiger charge is -2.15. The molecule has 0 fully saturated rings. The minimum absolute atomic E-state index is 0.00798. The zero-order valence-corrected chi connectivity index (χ0v) is 17.4. The number of halogens is 4. The highest BCUT2D eigenvalue weighted by atomic mass is 35.5. The van der Waals surface area contributed by atoms with Crippen molar-refractivity contribution in [1.82, 2.24) is 0 Å². The first-order valence-electron chi connectivity index (χ1n) is 8.91. The molecule has 0 bridgehead atoms. The number of hydrogen-bond donors (Lipinski definition) is 2. The van der Waals surface area contributed by atoms with Crippen LogP contribution in [0.4, 0.5) is 18.9 Å². The van der Waals surface area contributed by atoms with Gasteiger partial charge in [-0.2, -0.15) is 24.5 Å². The van der Waals surface area contributed by atoms with Crippen LogP contribution in [-0.4, -0.2) is 17.9 Å². The Bertz CT molecular complexity index is 1090. The Kier molecular flexibility index (Phi) is 7.14. The van der Waals surface area contributed by atoms with E-state index in [0.717, 1.165) is 5.56 Å². The molecule has 31 heavy (non-hydrogen) atoms. The van der Waals surface area contributed by atoms with Crippen LogP contribution in [0.3, 0.4) is 0 Å². The summed E-state index contributed by atoms with van der Waals surface area (Å²) < 4.78 is 44.0. The van der Waals surface area contributed by atoms with Crippen LogP contribution < -0.4 is 5.32 Å². The van der Waals surface area contributed by atoms with Crippen LogP contribution in [0, 0.1) is 5.41 Å². The zero-order chi connectivity index (χ0) is 22.4. The quantitative estimate of drug-likeness (QED) is 0.299. The highest BCUT2D eigenvalue weighted by molar-refractivity contribution is 7.07. The number of anilines is 1. The Hall–Kier alpha value is -3.10. The second kappa shape index (κ2) is 9.80. The number of hydrogen-bond acceptors (Lipinski definition) is 5. The lowest BCUT2D eigenvalue weighted by atomic mass is 10.1. The van der Waals surface area contributed by atoms with Gasteiger partial charge in [0.25, 0.3) is 0 Å². The van der Waals surface area contributed by atoms with E-state index in [1.54, 1.807) is 24.3 Å². The van der Waals surface area contributed by atoms with Crippen LogP contribution in [-0.2, 0) is 11.3 Å². The maximum atomic E-state index is 12.9. The fourth-order valence-electron chi connectivity index (χ4n) is 2.52. The molecule has 1 aromatic heterocycles. The number of rotatable bonds is 7. The van der Waals surface area contributed by atoms with Crippen molar-refractivity contribution in [3.63, 3.8) is 0 Å². The summed E-state index contributed by atoms with van der Waals surface area (Å²) in [6, 6.07) is 14.2. The van der Waals surface area contributed by atoms with Crippen LogP contribution in [0.2, 0.25) is 5.02 Å². The number of thiophene rings is 1. The first-order valence-corrected chi connectivity index (χ1v) is 10.2. The molecule has 2 N–H and O–H groups in total. The molecule has 0 aliphatic heterocycles. The van der Waals surface area contributed by atoms with Gasteiger partial charge in [-0.1, -0.05) is 35.9 Å². The van der Waals surface area contributed by atoms with Gasteiger partial charge in [0.2, 0.25) is 0 Å². The topological polar surface area (TPSA) is 62.2 Å². The van der Waals surface area contributed by atoms with E-state index in [-0.39, 0.29) is 17.9 Å². The number of esters is 1. The van der Waals surface area contributed by atoms with Gasteiger partial charge in [-0.3, -0.25) is 5.41 Å². The molecule has 0 spiro atoms. The summed E-state index contributed by atoms with van der Waals surface area (Å²) in [5, 5.41) is 14.2. The van der Waals surface area contributed by atoms with Crippen molar-refractivity contribution in [2.45, 2.75) is 12.8 Å². The number of carbonyl (C=O) groups excluding carboxylic acids is 1. The third-order valence-electron chi connectivity index (χ3n) is 4.12. The highest BCUT2D eigenvalue weighted by Gasteiger charge is 2.33. The van der Waals surface area contributed by atoms with Crippen LogP contribution in [0.5, 0.6) is 0 Å². The molecule has 3 aromatic rings. The fourth-order valence-corrected chi connectivity index (χ4v) is 3.35. The molecule has 0 aliphatic carbocycles. The molecule has 9 heteroatoms. The average Bonchev–Trinajstić information content (AvgIpc) is 3.26. The maximum absolute atomic E-state index is 12.9. The third kappa shape index (κ3) is 6.19. The molecule has 0 saturated carbocycles. The molecule has 0 unspecified atom stereocenters. The minimum Gasteiger partial charge on any atom is -0.457 e. The van der Waals surface area contributed by atoms with Crippen molar-refractivity contribution in [2.24, 2.45) is 0 Å². The summed E-state index contributed by atoms with van der Waals surface area (Å²) in [5.74, 6) is -0.551. The monoisotopic (exact) mass is 464 g/mol. The van der Waals surface area contributed by atoms with Gasteiger partial charge in [-0.25, -0.2) is 4.79 Å². The number of nitrogens with one attached hydrogen (secondary N) is 2. The standard InChI is InChI=1S/C22H16ClF3N2O2S/c23-17-3-1-2-4-18(17)28-19(11-20(27)22(24,25)26)15-5-7-16(8-6-15)21(29)30-12-14-9-10-31-13-14/h1-11,13,27-28H,12H2/b19-11-,27-20?. The van der Waals surface area contributed by atoms with E-state index in [0.29, 0.717) is 22.3 Å². The molecule has 160 valence electrons. The Morgan fingerprint density at radius 2 is 1.77 bits per heavy atom. The summed E-state index contributed by atoms with van der Waals surface area (Å²) in [7, 11) is 0. The molecule has 4 nitrogen and oxygen atoms in total. The van der Waals surface area contributed by atoms with Crippen LogP contribution in [0.1, 0.15) is 21.5 Å². The molecule has 0 aliphatic rings. The normalized spacial score (nSPS) is 11.8. The van der Waals surface area contributed by atoms with E-state index in [1.807, 2.05) is 16.8 Å². The minimum atomic E-state index is -4.81. The van der Waals surface area contributed by atoms with Gasteiger partial charge in [-0.15, -0.1) is 0 Å². The van der Waals surface area contributed by atoms with Gasteiger partial charge < -0.3 is 10.1 Å². The van der Waals surface area contributed by atoms with Gasteiger partial charge in [0.1, 0.15) is 12.3 Å². The summed E-state index contributed by atoms with van der Waals surface area (Å²) in [6.45, 7) is 0.131.